The van der Waals surface area contributed by atoms with Crippen LogP contribution in [0, 0.1) is 5.92 Å². The average Bonchev–Trinajstić information content (AvgIpc) is 2.86. The lowest BCUT2D eigenvalue weighted by Crippen LogP contribution is -2.45. The Morgan fingerprint density at radius 2 is 2.06 bits per heavy atom. The third-order valence-corrected chi connectivity index (χ3v) is 4.48. The highest BCUT2D eigenvalue weighted by Gasteiger charge is 2.36. The van der Waals surface area contributed by atoms with E-state index in [1.54, 1.807) is 0 Å². The number of nitrogens with zero attached hydrogens (tertiary/aromatic N) is 1. The van der Waals surface area contributed by atoms with Crippen LogP contribution in [0.1, 0.15) is 25.7 Å². The first kappa shape index (κ1) is 11.9. The maximum absolute atomic E-state index is 11.8. The Bertz CT molecular complexity index is 376. The van der Waals surface area contributed by atoms with Crippen molar-refractivity contribution in [3.05, 3.63) is 0 Å². The summed E-state index contributed by atoms with van der Waals surface area (Å²) in [4.78, 5) is 11.8. The van der Waals surface area contributed by atoms with E-state index in [2.05, 4.69) is 5.32 Å². The Balaban J connectivity index is 1.93. The molecule has 1 unspecified atom stereocenters. The number of carbonyl (C=O) groups is 1. The first-order valence-corrected chi connectivity index (χ1v) is 7.58. The van der Waals surface area contributed by atoms with Crippen molar-refractivity contribution in [1.29, 1.82) is 0 Å². The lowest BCUT2D eigenvalue weighted by atomic mass is 10.2. The Labute approximate surface area is 96.2 Å². The highest BCUT2D eigenvalue weighted by molar-refractivity contribution is 7.88. The standard InChI is InChI=1S/C10H18N2O3S/c1-16(14,15)12-6-2-3-9(12)10(13)11-7-8-4-5-8/h8-9H,2-7H2,1H3,(H,11,13). The van der Waals surface area contributed by atoms with Crippen LogP contribution >= 0.6 is 0 Å². The van der Waals surface area contributed by atoms with E-state index in [0.29, 0.717) is 25.4 Å². The second kappa shape index (κ2) is 4.33. The van der Waals surface area contributed by atoms with Crippen molar-refractivity contribution in [2.75, 3.05) is 19.3 Å². The van der Waals surface area contributed by atoms with E-state index >= 15 is 0 Å². The Hall–Kier alpha value is -0.620. The van der Waals surface area contributed by atoms with Gasteiger partial charge in [0.15, 0.2) is 0 Å². The minimum atomic E-state index is -3.25. The molecule has 6 heteroatoms. The van der Waals surface area contributed by atoms with Crippen LogP contribution in [0.25, 0.3) is 0 Å². The fourth-order valence-electron chi connectivity index (χ4n) is 2.08. The molecule has 2 aliphatic rings. The maximum Gasteiger partial charge on any atom is 0.238 e. The third-order valence-electron chi connectivity index (χ3n) is 3.19. The molecule has 1 aliphatic heterocycles. The van der Waals surface area contributed by atoms with E-state index in [0.717, 1.165) is 6.42 Å². The van der Waals surface area contributed by atoms with Crippen molar-refractivity contribution in [2.24, 2.45) is 5.92 Å². The number of nitrogens with one attached hydrogen (secondary N) is 1. The fourth-order valence-corrected chi connectivity index (χ4v) is 3.21. The largest absolute Gasteiger partial charge is 0.354 e. The Morgan fingerprint density at radius 1 is 1.38 bits per heavy atom. The average molecular weight is 246 g/mol. The zero-order chi connectivity index (χ0) is 11.8. The number of hydrogen-bond donors (Lipinski definition) is 1. The highest BCUT2D eigenvalue weighted by atomic mass is 32.2. The number of amides is 1. The van der Waals surface area contributed by atoms with Gasteiger partial charge in [0.2, 0.25) is 15.9 Å². The van der Waals surface area contributed by atoms with Gasteiger partial charge in [-0.05, 0) is 31.6 Å². The van der Waals surface area contributed by atoms with Gasteiger partial charge >= 0.3 is 0 Å². The molecule has 92 valence electrons. The molecule has 0 radical (unpaired) electrons. The molecule has 1 N–H and O–H groups in total. The number of carbonyl (C=O) groups excluding carboxylic acids is 1. The van der Waals surface area contributed by atoms with Crippen LogP contribution in [0.3, 0.4) is 0 Å². The third kappa shape index (κ3) is 2.74. The summed E-state index contributed by atoms with van der Waals surface area (Å²) in [6, 6.07) is -0.478. The molecule has 5 nitrogen and oxygen atoms in total. The zero-order valence-electron chi connectivity index (χ0n) is 9.48. The van der Waals surface area contributed by atoms with Crippen molar-refractivity contribution in [3.63, 3.8) is 0 Å². The van der Waals surface area contributed by atoms with Crippen LogP contribution in [0.15, 0.2) is 0 Å². The number of hydrogen-bond acceptors (Lipinski definition) is 3. The van der Waals surface area contributed by atoms with Crippen LogP contribution < -0.4 is 5.32 Å². The van der Waals surface area contributed by atoms with Gasteiger partial charge in [-0.1, -0.05) is 0 Å². The van der Waals surface area contributed by atoms with Gasteiger partial charge in [-0.25, -0.2) is 8.42 Å². The highest BCUT2D eigenvalue weighted by Crippen LogP contribution is 2.28. The van der Waals surface area contributed by atoms with Gasteiger partial charge in [0.25, 0.3) is 0 Å². The predicted octanol–water partition coefficient (Wildman–Crippen LogP) is -0.0634. The van der Waals surface area contributed by atoms with Crippen LogP contribution in [-0.2, 0) is 14.8 Å². The summed E-state index contributed by atoms with van der Waals surface area (Å²) in [5.74, 6) is 0.492. The number of rotatable bonds is 4. The van der Waals surface area contributed by atoms with Crippen LogP contribution in [0.5, 0.6) is 0 Å². The molecule has 1 saturated heterocycles. The van der Waals surface area contributed by atoms with Crippen LogP contribution in [0.2, 0.25) is 0 Å². The smallest absolute Gasteiger partial charge is 0.238 e. The minimum absolute atomic E-state index is 0.130. The SMILES string of the molecule is CS(=O)(=O)N1CCCC1C(=O)NCC1CC1. The molecule has 0 spiro atoms. The van der Waals surface area contributed by atoms with Crippen molar-refractivity contribution < 1.29 is 13.2 Å². The molecular weight excluding hydrogens is 228 g/mol. The monoisotopic (exact) mass is 246 g/mol. The van der Waals surface area contributed by atoms with Gasteiger partial charge in [-0.3, -0.25) is 4.79 Å². The molecule has 0 aromatic carbocycles. The quantitative estimate of drug-likeness (QED) is 0.755. The molecule has 16 heavy (non-hydrogen) atoms. The van der Waals surface area contributed by atoms with E-state index in [4.69, 9.17) is 0 Å². The second-order valence-corrected chi connectivity index (χ2v) is 6.66. The van der Waals surface area contributed by atoms with E-state index in [1.165, 1.54) is 23.4 Å². The molecule has 1 atom stereocenters. The normalized spacial score (nSPS) is 26.9. The number of sulfonamides is 1. The van der Waals surface area contributed by atoms with Gasteiger partial charge in [0.05, 0.1) is 6.26 Å². The molecule has 1 heterocycles. The fraction of sp³-hybridized carbons (Fsp3) is 0.900. The van der Waals surface area contributed by atoms with Gasteiger partial charge in [-0.15, -0.1) is 0 Å². The van der Waals surface area contributed by atoms with Crippen molar-refractivity contribution in [1.82, 2.24) is 9.62 Å². The molecule has 2 fully saturated rings. The predicted molar refractivity (Wildman–Crippen MR) is 60.3 cm³/mol. The summed E-state index contributed by atoms with van der Waals surface area (Å²) in [6.45, 7) is 1.17. The molecule has 1 aliphatic carbocycles. The first-order chi connectivity index (χ1) is 7.48. The van der Waals surface area contributed by atoms with Gasteiger partial charge in [0, 0.05) is 13.1 Å². The summed E-state index contributed by atoms with van der Waals surface area (Å²) < 4.78 is 24.2. The molecule has 0 bridgehead atoms. The van der Waals surface area contributed by atoms with Gasteiger partial charge < -0.3 is 5.32 Å². The topological polar surface area (TPSA) is 66.5 Å². The van der Waals surface area contributed by atoms with E-state index in [-0.39, 0.29) is 5.91 Å². The summed E-state index contributed by atoms with van der Waals surface area (Å²) in [6.07, 6.45) is 4.94. The summed E-state index contributed by atoms with van der Waals surface area (Å²) >= 11 is 0. The van der Waals surface area contributed by atoms with Crippen LogP contribution in [0.4, 0.5) is 0 Å². The lowest BCUT2D eigenvalue weighted by molar-refractivity contribution is -0.124. The molecule has 0 aromatic heterocycles. The summed E-state index contributed by atoms with van der Waals surface area (Å²) in [5, 5.41) is 2.84. The summed E-state index contributed by atoms with van der Waals surface area (Å²) in [7, 11) is -3.25. The second-order valence-electron chi connectivity index (χ2n) is 4.72. The van der Waals surface area contributed by atoms with Gasteiger partial charge in [-0.2, -0.15) is 4.31 Å². The van der Waals surface area contributed by atoms with Crippen molar-refractivity contribution >= 4 is 15.9 Å². The summed E-state index contributed by atoms with van der Waals surface area (Å²) in [5.41, 5.74) is 0. The molecule has 0 aromatic rings. The molecule has 1 amide bonds. The van der Waals surface area contributed by atoms with E-state index in [1.807, 2.05) is 0 Å². The Kier molecular flexibility index (Phi) is 3.21. The Morgan fingerprint density at radius 3 is 2.62 bits per heavy atom. The molecular formula is C10H18N2O3S. The molecule has 2 rings (SSSR count). The first-order valence-electron chi connectivity index (χ1n) is 5.73. The van der Waals surface area contributed by atoms with Gasteiger partial charge in [0.1, 0.15) is 6.04 Å². The minimum Gasteiger partial charge on any atom is -0.354 e. The van der Waals surface area contributed by atoms with E-state index < -0.39 is 16.1 Å². The zero-order valence-corrected chi connectivity index (χ0v) is 10.3. The van der Waals surface area contributed by atoms with Crippen LogP contribution in [-0.4, -0.2) is 44.0 Å². The van der Waals surface area contributed by atoms with Crippen molar-refractivity contribution in [2.45, 2.75) is 31.7 Å². The van der Waals surface area contributed by atoms with E-state index in [9.17, 15) is 13.2 Å². The van der Waals surface area contributed by atoms with Crippen molar-refractivity contribution in [3.8, 4) is 0 Å². The maximum atomic E-state index is 11.8. The lowest BCUT2D eigenvalue weighted by Gasteiger charge is -2.21. The molecule has 1 saturated carbocycles.